The second-order valence-electron chi connectivity index (χ2n) is 7.51. The van der Waals surface area contributed by atoms with Crippen molar-refractivity contribution in [2.45, 2.75) is 44.6 Å². The van der Waals surface area contributed by atoms with Gasteiger partial charge in [0.15, 0.2) is 6.29 Å². The molecule has 0 aliphatic carbocycles. The van der Waals surface area contributed by atoms with Crippen molar-refractivity contribution in [2.24, 2.45) is 11.8 Å². The normalized spacial score (nSPS) is 37.2. The Balaban J connectivity index is 1.53. The highest BCUT2D eigenvalue weighted by molar-refractivity contribution is 5.85. The molecule has 23 heavy (non-hydrogen) atoms. The predicted octanol–water partition coefficient (Wildman–Crippen LogP) is 2.83. The fourth-order valence-electron chi connectivity index (χ4n) is 5.20. The van der Waals surface area contributed by atoms with Crippen molar-refractivity contribution in [1.29, 1.82) is 0 Å². The van der Waals surface area contributed by atoms with E-state index in [9.17, 15) is 5.11 Å². The van der Waals surface area contributed by atoms with Gasteiger partial charge in [0.1, 0.15) is 0 Å². The highest BCUT2D eigenvalue weighted by atomic mass is 16.6. The summed E-state index contributed by atoms with van der Waals surface area (Å²) in [6.07, 6.45) is 2.63. The summed E-state index contributed by atoms with van der Waals surface area (Å²) in [5.74, 6) is 1.12. The van der Waals surface area contributed by atoms with E-state index < -0.39 is 6.29 Å². The third-order valence-electron chi connectivity index (χ3n) is 6.33. The molecule has 0 bridgehead atoms. The number of H-pyrrole nitrogens is 1. The van der Waals surface area contributed by atoms with Gasteiger partial charge < -0.3 is 14.8 Å². The average Bonchev–Trinajstić information content (AvgIpc) is 2.92. The van der Waals surface area contributed by atoms with E-state index in [2.05, 4.69) is 41.1 Å². The van der Waals surface area contributed by atoms with Crippen molar-refractivity contribution in [3.05, 3.63) is 35.5 Å². The molecule has 3 aliphatic heterocycles. The van der Waals surface area contributed by atoms with Gasteiger partial charge in [-0.3, -0.25) is 4.90 Å². The second-order valence-corrected chi connectivity index (χ2v) is 7.51. The summed E-state index contributed by atoms with van der Waals surface area (Å²) < 4.78 is 5.67. The van der Waals surface area contributed by atoms with Crippen LogP contribution in [-0.4, -0.2) is 40.5 Å². The van der Waals surface area contributed by atoms with Crippen LogP contribution >= 0.6 is 0 Å². The lowest BCUT2D eigenvalue weighted by atomic mass is 9.73. The molecule has 0 saturated carbocycles. The molecule has 5 rings (SSSR count). The molecule has 2 N–H and O–H groups in total. The van der Waals surface area contributed by atoms with E-state index >= 15 is 0 Å². The van der Waals surface area contributed by atoms with E-state index in [1.165, 1.54) is 22.2 Å². The minimum Gasteiger partial charge on any atom is -0.368 e. The van der Waals surface area contributed by atoms with Gasteiger partial charge in [0.2, 0.25) is 0 Å². The molecule has 2 saturated heterocycles. The van der Waals surface area contributed by atoms with Gasteiger partial charge in [-0.2, -0.15) is 0 Å². The van der Waals surface area contributed by atoms with Crippen molar-refractivity contribution in [3.63, 3.8) is 0 Å². The highest BCUT2D eigenvalue weighted by Crippen LogP contribution is 2.46. The molecular formula is C19H24N2O2. The molecule has 0 amide bonds. The number of ether oxygens (including phenoxy) is 1. The number of aromatic amines is 1. The first kappa shape index (κ1) is 14.0. The van der Waals surface area contributed by atoms with Crippen molar-refractivity contribution >= 4 is 10.9 Å². The van der Waals surface area contributed by atoms with Crippen LogP contribution in [0.25, 0.3) is 10.9 Å². The second kappa shape index (κ2) is 5.07. The molecule has 1 aromatic carbocycles. The van der Waals surface area contributed by atoms with Crippen LogP contribution in [-0.2, 0) is 11.2 Å². The number of piperidine rings is 1. The van der Waals surface area contributed by atoms with Gasteiger partial charge in [-0.05, 0) is 37.3 Å². The Kier molecular flexibility index (Phi) is 3.09. The molecule has 3 aliphatic rings. The van der Waals surface area contributed by atoms with Crippen LogP contribution in [0.2, 0.25) is 0 Å². The molecule has 2 fully saturated rings. The average molecular weight is 312 g/mol. The smallest absolute Gasteiger partial charge is 0.155 e. The minimum absolute atomic E-state index is 0.161. The number of aliphatic hydroxyl groups is 1. The maximum atomic E-state index is 9.98. The first-order valence-corrected chi connectivity index (χ1v) is 8.88. The molecule has 122 valence electrons. The summed E-state index contributed by atoms with van der Waals surface area (Å²) in [5, 5.41) is 11.4. The van der Waals surface area contributed by atoms with Crippen molar-refractivity contribution in [3.8, 4) is 0 Å². The van der Waals surface area contributed by atoms with E-state index in [0.717, 1.165) is 32.4 Å². The standard InChI is InChI=1S/C19H24N2O2/c1-11-15-10-21-7-6-14-13-4-2-3-5-16(13)20-19(14)17(21)8-12(15)9-18(22)23-11/h2-5,11-12,15,17-18,20,22H,6-10H2,1H3/t11-,12+,15+,17-,18?/m0/s1. The van der Waals surface area contributed by atoms with Crippen molar-refractivity contribution in [1.82, 2.24) is 9.88 Å². The zero-order chi connectivity index (χ0) is 15.6. The third kappa shape index (κ3) is 2.09. The van der Waals surface area contributed by atoms with E-state index in [1.54, 1.807) is 0 Å². The number of aliphatic hydroxyl groups excluding tert-OH is 1. The predicted molar refractivity (Wildman–Crippen MR) is 89.1 cm³/mol. The largest absolute Gasteiger partial charge is 0.368 e. The first-order chi connectivity index (χ1) is 11.2. The van der Waals surface area contributed by atoms with Crippen molar-refractivity contribution in [2.75, 3.05) is 13.1 Å². The van der Waals surface area contributed by atoms with Gasteiger partial charge in [-0.25, -0.2) is 0 Å². The first-order valence-electron chi connectivity index (χ1n) is 8.88. The van der Waals surface area contributed by atoms with E-state index in [1.807, 2.05) is 0 Å². The number of aromatic nitrogens is 1. The molecular weight excluding hydrogens is 288 g/mol. The van der Waals surface area contributed by atoms with Crippen LogP contribution in [0.1, 0.15) is 37.1 Å². The summed E-state index contributed by atoms with van der Waals surface area (Å²) in [7, 11) is 0. The van der Waals surface area contributed by atoms with E-state index in [0.29, 0.717) is 17.9 Å². The molecule has 4 nitrogen and oxygen atoms in total. The molecule has 4 heterocycles. The summed E-state index contributed by atoms with van der Waals surface area (Å²) in [5.41, 5.74) is 4.20. The molecule has 4 heteroatoms. The molecule has 1 aromatic heterocycles. The monoisotopic (exact) mass is 312 g/mol. The Bertz CT molecular complexity index is 740. The van der Waals surface area contributed by atoms with Crippen LogP contribution in [0.15, 0.2) is 24.3 Å². The lowest BCUT2D eigenvalue weighted by Gasteiger charge is -2.50. The number of rotatable bonds is 0. The Morgan fingerprint density at radius 2 is 2.13 bits per heavy atom. The quantitative estimate of drug-likeness (QED) is 0.786. The fourth-order valence-corrected chi connectivity index (χ4v) is 5.20. The third-order valence-corrected chi connectivity index (χ3v) is 6.33. The Hall–Kier alpha value is -1.36. The number of hydrogen-bond donors (Lipinski definition) is 2. The summed E-state index contributed by atoms with van der Waals surface area (Å²) in [4.78, 5) is 6.33. The highest BCUT2D eigenvalue weighted by Gasteiger charge is 2.45. The topological polar surface area (TPSA) is 48.5 Å². The zero-order valence-electron chi connectivity index (χ0n) is 13.5. The van der Waals surface area contributed by atoms with Crippen LogP contribution in [0.3, 0.4) is 0 Å². The molecule has 2 aromatic rings. The fraction of sp³-hybridized carbons (Fsp3) is 0.579. The number of nitrogens with zero attached hydrogens (tertiary/aromatic N) is 1. The van der Waals surface area contributed by atoms with Gasteiger partial charge in [0, 0.05) is 42.0 Å². The van der Waals surface area contributed by atoms with Gasteiger partial charge in [-0.1, -0.05) is 18.2 Å². The van der Waals surface area contributed by atoms with Crippen LogP contribution in [0.5, 0.6) is 0 Å². The number of benzene rings is 1. The molecule has 1 unspecified atom stereocenters. The SMILES string of the molecule is C[C@@H]1OC(O)C[C@H]2C[C@H]3c4[nH]c5ccccc5c4CCN3C[C@@H]21. The minimum atomic E-state index is -0.580. The van der Waals surface area contributed by atoms with Crippen LogP contribution in [0.4, 0.5) is 0 Å². The maximum absolute atomic E-state index is 9.98. The number of fused-ring (bicyclic) bond motifs is 6. The Labute approximate surface area is 136 Å². The molecule has 0 spiro atoms. The lowest BCUT2D eigenvalue weighted by molar-refractivity contribution is -0.209. The number of hydrogen-bond acceptors (Lipinski definition) is 3. The summed E-state index contributed by atoms with van der Waals surface area (Å²) in [6.45, 7) is 4.36. The summed E-state index contributed by atoms with van der Waals surface area (Å²) >= 11 is 0. The Morgan fingerprint density at radius 1 is 1.26 bits per heavy atom. The summed E-state index contributed by atoms with van der Waals surface area (Å²) in [6, 6.07) is 9.15. The van der Waals surface area contributed by atoms with E-state index in [-0.39, 0.29) is 6.10 Å². The van der Waals surface area contributed by atoms with Gasteiger partial charge in [-0.15, -0.1) is 0 Å². The van der Waals surface area contributed by atoms with Crippen molar-refractivity contribution < 1.29 is 9.84 Å². The number of nitrogens with one attached hydrogen (secondary N) is 1. The van der Waals surface area contributed by atoms with Gasteiger partial charge in [0.05, 0.1) is 12.1 Å². The van der Waals surface area contributed by atoms with Crippen LogP contribution in [0, 0.1) is 11.8 Å². The number of para-hydroxylation sites is 1. The zero-order valence-corrected chi connectivity index (χ0v) is 13.5. The Morgan fingerprint density at radius 3 is 3.04 bits per heavy atom. The van der Waals surface area contributed by atoms with E-state index in [4.69, 9.17) is 4.74 Å². The van der Waals surface area contributed by atoms with Gasteiger partial charge >= 0.3 is 0 Å². The molecule has 0 radical (unpaired) electrons. The van der Waals surface area contributed by atoms with Crippen LogP contribution < -0.4 is 0 Å². The lowest BCUT2D eigenvalue weighted by Crippen LogP contribution is -2.52. The van der Waals surface area contributed by atoms with Gasteiger partial charge in [0.25, 0.3) is 0 Å². The maximum Gasteiger partial charge on any atom is 0.155 e. The molecule has 5 atom stereocenters.